The predicted octanol–water partition coefficient (Wildman–Crippen LogP) is 1.37. The van der Waals surface area contributed by atoms with Gasteiger partial charge in [-0.05, 0) is 31.9 Å². The maximum atomic E-state index is 12.5. The second-order valence-electron chi connectivity index (χ2n) is 6.67. The second-order valence-corrected chi connectivity index (χ2v) is 6.67. The lowest BCUT2D eigenvalue weighted by Gasteiger charge is -2.36. The van der Waals surface area contributed by atoms with Crippen molar-refractivity contribution in [1.29, 1.82) is 0 Å². The van der Waals surface area contributed by atoms with Crippen LogP contribution in [0.3, 0.4) is 0 Å². The number of piperazine rings is 1. The molecule has 0 aliphatic carbocycles. The molecule has 0 atom stereocenters. The van der Waals surface area contributed by atoms with Crippen molar-refractivity contribution in [2.75, 3.05) is 45.9 Å². The van der Waals surface area contributed by atoms with Crippen LogP contribution in [0.4, 0.5) is 9.59 Å². The van der Waals surface area contributed by atoms with Crippen LogP contribution in [-0.2, 0) is 4.74 Å². The summed E-state index contributed by atoms with van der Waals surface area (Å²) in [6.07, 6.45) is 2.60. The molecule has 0 saturated carbocycles. The van der Waals surface area contributed by atoms with Crippen LogP contribution in [0, 0.1) is 0 Å². The lowest BCUT2D eigenvalue weighted by molar-refractivity contribution is 0.0628. The van der Waals surface area contributed by atoms with Crippen LogP contribution in [0.15, 0.2) is 22.8 Å². The Balaban J connectivity index is 1.40. The molecule has 4 amide bonds. The molecule has 1 N–H and O–H groups in total. The first-order valence-corrected chi connectivity index (χ1v) is 9.38. The molecule has 1 aromatic heterocycles. The van der Waals surface area contributed by atoms with Gasteiger partial charge in [0.15, 0.2) is 5.76 Å². The first-order chi connectivity index (χ1) is 13.1. The zero-order valence-electron chi connectivity index (χ0n) is 15.6. The summed E-state index contributed by atoms with van der Waals surface area (Å²) in [5.41, 5.74) is 0. The largest absolute Gasteiger partial charge is 0.459 e. The molecule has 2 saturated heterocycles. The number of amides is 4. The van der Waals surface area contributed by atoms with Crippen LogP contribution < -0.4 is 5.32 Å². The summed E-state index contributed by atoms with van der Waals surface area (Å²) in [4.78, 5) is 41.5. The van der Waals surface area contributed by atoms with Crippen LogP contribution in [0.1, 0.15) is 30.3 Å². The van der Waals surface area contributed by atoms with Gasteiger partial charge in [0.25, 0.3) is 5.91 Å². The predicted molar refractivity (Wildman–Crippen MR) is 96.3 cm³/mol. The molecule has 0 unspecified atom stereocenters. The zero-order valence-corrected chi connectivity index (χ0v) is 15.6. The van der Waals surface area contributed by atoms with Crippen molar-refractivity contribution in [3.63, 3.8) is 0 Å². The van der Waals surface area contributed by atoms with E-state index in [1.165, 1.54) is 6.26 Å². The van der Waals surface area contributed by atoms with Crippen LogP contribution in [0.2, 0.25) is 0 Å². The molecule has 0 radical (unpaired) electrons. The molecule has 0 spiro atoms. The average Bonchev–Trinajstić information content (AvgIpc) is 3.23. The Kier molecular flexibility index (Phi) is 6.20. The maximum absolute atomic E-state index is 12.5. The number of hydrogen-bond donors (Lipinski definition) is 1. The third-order valence-electron chi connectivity index (χ3n) is 4.93. The highest BCUT2D eigenvalue weighted by Crippen LogP contribution is 2.13. The van der Waals surface area contributed by atoms with Crippen molar-refractivity contribution in [3.05, 3.63) is 24.2 Å². The van der Waals surface area contributed by atoms with Gasteiger partial charge in [0.05, 0.1) is 12.9 Å². The summed E-state index contributed by atoms with van der Waals surface area (Å²) in [5.74, 6) is 0.174. The van der Waals surface area contributed by atoms with Gasteiger partial charge < -0.3 is 29.2 Å². The maximum Gasteiger partial charge on any atom is 0.409 e. The Hall–Kier alpha value is -2.71. The fourth-order valence-electron chi connectivity index (χ4n) is 3.36. The second kappa shape index (κ2) is 8.79. The van der Waals surface area contributed by atoms with E-state index in [1.807, 2.05) is 0 Å². The van der Waals surface area contributed by atoms with E-state index in [4.69, 9.17) is 9.15 Å². The molecule has 2 aliphatic rings. The SMILES string of the molecule is CCOC(=O)N1CCC(NC(=O)N2CCN(C(=O)c3ccco3)CC2)CC1. The highest BCUT2D eigenvalue weighted by Gasteiger charge is 2.29. The summed E-state index contributed by atoms with van der Waals surface area (Å²) in [7, 11) is 0. The molecule has 3 heterocycles. The van der Waals surface area contributed by atoms with Crippen LogP contribution in [0.5, 0.6) is 0 Å². The van der Waals surface area contributed by atoms with E-state index in [-0.39, 0.29) is 24.1 Å². The third kappa shape index (κ3) is 4.72. The number of urea groups is 1. The van der Waals surface area contributed by atoms with Crippen molar-refractivity contribution in [2.45, 2.75) is 25.8 Å². The topological polar surface area (TPSA) is 95.3 Å². The summed E-state index contributed by atoms with van der Waals surface area (Å²) in [6, 6.07) is 3.26. The minimum Gasteiger partial charge on any atom is -0.459 e. The van der Waals surface area contributed by atoms with Gasteiger partial charge in [0.2, 0.25) is 0 Å². The van der Waals surface area contributed by atoms with Crippen LogP contribution in [-0.4, -0.2) is 84.6 Å². The van der Waals surface area contributed by atoms with E-state index in [9.17, 15) is 14.4 Å². The number of nitrogens with zero attached hydrogens (tertiary/aromatic N) is 3. The Labute approximate surface area is 158 Å². The Bertz CT molecular complexity index is 647. The summed E-state index contributed by atoms with van der Waals surface area (Å²) in [5, 5.41) is 3.04. The molecule has 3 rings (SSSR count). The van der Waals surface area contributed by atoms with Gasteiger partial charge in [-0.25, -0.2) is 9.59 Å². The van der Waals surface area contributed by atoms with Gasteiger partial charge in [0.1, 0.15) is 0 Å². The zero-order chi connectivity index (χ0) is 19.2. The van der Waals surface area contributed by atoms with Gasteiger partial charge in [-0.3, -0.25) is 4.79 Å². The number of rotatable bonds is 3. The van der Waals surface area contributed by atoms with E-state index in [0.29, 0.717) is 64.5 Å². The number of carbonyl (C=O) groups excluding carboxylic acids is 3. The first-order valence-electron chi connectivity index (χ1n) is 9.38. The highest BCUT2D eigenvalue weighted by molar-refractivity contribution is 5.91. The Morgan fingerprint density at radius 1 is 1.07 bits per heavy atom. The molecule has 2 fully saturated rings. The highest BCUT2D eigenvalue weighted by atomic mass is 16.6. The van der Waals surface area contributed by atoms with Crippen molar-refractivity contribution >= 4 is 18.0 Å². The third-order valence-corrected chi connectivity index (χ3v) is 4.93. The summed E-state index contributed by atoms with van der Waals surface area (Å²) >= 11 is 0. The monoisotopic (exact) mass is 378 g/mol. The van der Waals surface area contributed by atoms with Gasteiger partial charge in [0, 0.05) is 45.3 Å². The molecule has 0 aromatic carbocycles. The first kappa shape index (κ1) is 19.1. The number of nitrogens with one attached hydrogen (secondary N) is 1. The molecule has 9 nitrogen and oxygen atoms in total. The number of carbonyl (C=O) groups is 3. The van der Waals surface area contributed by atoms with Crippen molar-refractivity contribution < 1.29 is 23.5 Å². The van der Waals surface area contributed by atoms with E-state index >= 15 is 0 Å². The molecular weight excluding hydrogens is 352 g/mol. The molecule has 148 valence electrons. The smallest absolute Gasteiger partial charge is 0.409 e. The molecule has 27 heavy (non-hydrogen) atoms. The number of piperidine rings is 1. The minimum atomic E-state index is -0.292. The molecule has 9 heteroatoms. The number of hydrogen-bond acceptors (Lipinski definition) is 5. The van der Waals surface area contributed by atoms with Crippen molar-refractivity contribution in [1.82, 2.24) is 20.0 Å². The lowest BCUT2D eigenvalue weighted by Crippen LogP contribution is -2.55. The van der Waals surface area contributed by atoms with Crippen LogP contribution >= 0.6 is 0 Å². The number of ether oxygens (including phenoxy) is 1. The molecule has 2 aliphatic heterocycles. The van der Waals surface area contributed by atoms with Gasteiger partial charge >= 0.3 is 12.1 Å². The normalized spacial score (nSPS) is 18.3. The van der Waals surface area contributed by atoms with E-state index in [2.05, 4.69) is 5.32 Å². The quantitative estimate of drug-likeness (QED) is 0.857. The molecule has 1 aromatic rings. The average molecular weight is 378 g/mol. The Morgan fingerprint density at radius 3 is 2.33 bits per heavy atom. The van der Waals surface area contributed by atoms with Gasteiger partial charge in [-0.15, -0.1) is 0 Å². The number of likely N-dealkylation sites (tertiary alicyclic amines) is 1. The lowest BCUT2D eigenvalue weighted by atomic mass is 10.1. The van der Waals surface area contributed by atoms with Gasteiger partial charge in [-0.1, -0.05) is 0 Å². The van der Waals surface area contributed by atoms with E-state index < -0.39 is 0 Å². The molecule has 0 bridgehead atoms. The fraction of sp³-hybridized carbons (Fsp3) is 0.611. The van der Waals surface area contributed by atoms with E-state index in [1.54, 1.807) is 33.8 Å². The summed E-state index contributed by atoms with van der Waals surface area (Å²) in [6.45, 7) is 5.24. The minimum absolute atomic E-state index is 0.0472. The van der Waals surface area contributed by atoms with E-state index in [0.717, 1.165) is 0 Å². The Morgan fingerprint density at radius 2 is 1.74 bits per heavy atom. The molecular formula is C18H26N4O5. The summed E-state index contributed by atoms with van der Waals surface area (Å²) < 4.78 is 10.1. The number of furan rings is 1. The van der Waals surface area contributed by atoms with Gasteiger partial charge in [-0.2, -0.15) is 0 Å². The van der Waals surface area contributed by atoms with Crippen LogP contribution in [0.25, 0.3) is 0 Å². The van der Waals surface area contributed by atoms with Crippen molar-refractivity contribution in [2.24, 2.45) is 0 Å². The standard InChI is InChI=1S/C18H26N4O5/c1-2-26-18(25)22-7-5-14(6-8-22)19-17(24)21-11-9-20(10-12-21)16(23)15-4-3-13-27-15/h3-4,13-14H,2,5-12H2,1H3,(H,19,24). The fourth-order valence-corrected chi connectivity index (χ4v) is 3.36. The van der Waals surface area contributed by atoms with Crippen molar-refractivity contribution in [3.8, 4) is 0 Å².